The number of nitrogens with one attached hydrogen (secondary N) is 3. The number of rotatable bonds is 6. The third-order valence-corrected chi connectivity index (χ3v) is 12.1. The van der Waals surface area contributed by atoms with Gasteiger partial charge in [-0.05, 0) is 66.2 Å². The van der Waals surface area contributed by atoms with Crippen LogP contribution in [0.1, 0.15) is 57.6 Å². The summed E-state index contributed by atoms with van der Waals surface area (Å²) in [6, 6.07) is 10.5. The van der Waals surface area contributed by atoms with Gasteiger partial charge < -0.3 is 29.8 Å². The molecule has 54 heavy (non-hydrogen) atoms. The fraction of sp³-hybridized carbons (Fsp3) is 0.486. The van der Waals surface area contributed by atoms with Crippen LogP contribution in [0.4, 0.5) is 13.6 Å². The third-order valence-electron chi connectivity index (χ3n) is 10.3. The monoisotopic (exact) mass is 769 g/mol. The van der Waals surface area contributed by atoms with Crippen molar-refractivity contribution < 1.29 is 50.7 Å². The molecule has 288 valence electrons. The quantitative estimate of drug-likeness (QED) is 0.317. The molecule has 2 aliphatic heterocycles. The molecule has 3 fully saturated rings. The molecule has 0 unspecified atom stereocenters. The number of alkyl carbamates (subject to hydrolysis) is 1. The molecule has 0 aromatic heterocycles. The molecule has 2 heterocycles. The number of hydrogen-bond donors (Lipinski definition) is 3. The van der Waals surface area contributed by atoms with Crippen molar-refractivity contribution in [1.82, 2.24) is 20.3 Å². The second-order valence-corrected chi connectivity index (χ2v) is 17.2. The molecule has 5 atom stereocenters. The Morgan fingerprint density at radius 2 is 1.69 bits per heavy atom. The molecule has 7 rings (SSSR count). The predicted octanol–water partition coefficient (Wildman–Crippen LogP) is 3.24. The van der Waals surface area contributed by atoms with E-state index in [0.29, 0.717) is 24.3 Å². The fourth-order valence-electron chi connectivity index (χ4n) is 7.12. The molecule has 4 bridgehead atoms. The summed E-state index contributed by atoms with van der Waals surface area (Å²) < 4.78 is 66.5. The van der Waals surface area contributed by atoms with Gasteiger partial charge in [0.25, 0.3) is 5.91 Å². The van der Waals surface area contributed by atoms with Gasteiger partial charge in [0.15, 0.2) is 0 Å². The van der Waals surface area contributed by atoms with Crippen molar-refractivity contribution in [2.75, 3.05) is 19.8 Å². The number of ether oxygens (including phenoxy) is 2. The Labute approximate surface area is 310 Å². The highest BCUT2D eigenvalue weighted by molar-refractivity contribution is 7.91. The van der Waals surface area contributed by atoms with E-state index >= 15 is 0 Å². The van der Waals surface area contributed by atoms with Crippen LogP contribution >= 0.6 is 0 Å². The number of oxime groups is 1. The lowest BCUT2D eigenvalue weighted by molar-refractivity contribution is -0.143. The van der Waals surface area contributed by atoms with Gasteiger partial charge in [-0.2, -0.15) is 0 Å². The predicted molar refractivity (Wildman–Crippen MR) is 190 cm³/mol. The Bertz CT molecular complexity index is 2050. The van der Waals surface area contributed by atoms with Crippen molar-refractivity contribution in [2.45, 2.75) is 81.9 Å². The van der Waals surface area contributed by atoms with Gasteiger partial charge in [0.05, 0.1) is 17.7 Å². The van der Waals surface area contributed by atoms with Crippen molar-refractivity contribution in [3.8, 4) is 16.9 Å². The first-order valence-corrected chi connectivity index (χ1v) is 19.3. The SMILES string of the molecule is CC(C)(C)[C@@H]1NC(=O)OC/C=C/COc2ccc3c(c2)/C(=N/O[C@H]2C[C@@H](C(=O)N[C@]4(C(=O)NS(=O)(=O)C5CC5)C[C@H]4C(F)F)N(C2)C1=O)c1ccccc1-3. The van der Waals surface area contributed by atoms with E-state index in [9.17, 15) is 36.4 Å². The van der Waals surface area contributed by atoms with Gasteiger partial charge in [-0.25, -0.2) is 22.0 Å². The number of carbonyl (C=O) groups is 4. The molecule has 17 heteroatoms. The zero-order valence-corrected chi connectivity index (χ0v) is 30.7. The number of carbonyl (C=O) groups excluding carboxylic acids is 4. The molecular formula is C37H41F2N5O9S. The second kappa shape index (κ2) is 14.0. The van der Waals surface area contributed by atoms with Crippen LogP contribution in [-0.4, -0.2) is 98.0 Å². The molecule has 2 saturated carbocycles. The van der Waals surface area contributed by atoms with Gasteiger partial charge in [0.1, 0.15) is 48.4 Å². The molecular weight excluding hydrogens is 728 g/mol. The smallest absolute Gasteiger partial charge is 0.408 e. The Morgan fingerprint density at radius 3 is 2.35 bits per heavy atom. The van der Waals surface area contributed by atoms with E-state index in [-0.39, 0.29) is 26.2 Å². The molecule has 3 N–H and O–H groups in total. The highest BCUT2D eigenvalue weighted by Crippen LogP contribution is 2.48. The third kappa shape index (κ3) is 7.24. The van der Waals surface area contributed by atoms with E-state index in [0.717, 1.165) is 22.3 Å². The molecule has 0 radical (unpaired) electrons. The van der Waals surface area contributed by atoms with Gasteiger partial charge in [0.2, 0.25) is 28.3 Å². The van der Waals surface area contributed by atoms with E-state index in [1.807, 2.05) is 47.2 Å². The van der Waals surface area contributed by atoms with Crippen molar-refractivity contribution in [3.63, 3.8) is 0 Å². The van der Waals surface area contributed by atoms with Crippen molar-refractivity contribution in [2.24, 2.45) is 16.5 Å². The van der Waals surface area contributed by atoms with Gasteiger partial charge in [0, 0.05) is 17.5 Å². The van der Waals surface area contributed by atoms with E-state index in [2.05, 4.69) is 15.8 Å². The van der Waals surface area contributed by atoms with Crippen molar-refractivity contribution in [1.29, 1.82) is 0 Å². The number of hydrogen-bond acceptors (Lipinski definition) is 10. The van der Waals surface area contributed by atoms with Crippen LogP contribution in [-0.2, 0) is 34.0 Å². The lowest BCUT2D eigenvalue weighted by atomic mass is 9.85. The molecule has 5 aliphatic rings. The minimum absolute atomic E-state index is 0.132. The number of fused-ring (bicyclic) bond motifs is 6. The minimum Gasteiger partial charge on any atom is -0.490 e. The lowest BCUT2D eigenvalue weighted by Gasteiger charge is -2.35. The summed E-state index contributed by atoms with van der Waals surface area (Å²) in [4.78, 5) is 62.0. The molecule has 1 saturated heterocycles. The minimum atomic E-state index is -4.13. The maximum atomic E-state index is 14.4. The Morgan fingerprint density at radius 1 is 1.00 bits per heavy atom. The van der Waals surface area contributed by atoms with E-state index in [4.69, 9.17) is 14.3 Å². The Kier molecular flexibility index (Phi) is 9.64. The largest absolute Gasteiger partial charge is 0.490 e. The average Bonchev–Trinajstić information content (AvgIpc) is 4.03. The summed E-state index contributed by atoms with van der Waals surface area (Å²) in [5.41, 5.74) is 0.661. The Hall–Kier alpha value is -5.06. The van der Waals surface area contributed by atoms with Crippen molar-refractivity contribution >= 4 is 39.5 Å². The first kappa shape index (κ1) is 37.3. The van der Waals surface area contributed by atoms with Gasteiger partial charge in [-0.3, -0.25) is 19.1 Å². The maximum absolute atomic E-state index is 14.4. The zero-order chi connectivity index (χ0) is 38.6. The summed E-state index contributed by atoms with van der Waals surface area (Å²) >= 11 is 0. The van der Waals surface area contributed by atoms with Gasteiger partial charge in [-0.1, -0.05) is 50.2 Å². The molecule has 3 aliphatic carbocycles. The number of sulfonamides is 1. The van der Waals surface area contributed by atoms with Gasteiger partial charge >= 0.3 is 6.09 Å². The second-order valence-electron chi connectivity index (χ2n) is 15.3. The van der Waals surface area contributed by atoms with E-state index in [1.54, 1.807) is 32.9 Å². The van der Waals surface area contributed by atoms with E-state index < -0.39 is 87.0 Å². The number of benzene rings is 2. The number of amides is 4. The highest BCUT2D eigenvalue weighted by atomic mass is 32.2. The molecule has 2 aromatic carbocycles. The van der Waals surface area contributed by atoms with Crippen LogP contribution in [0.3, 0.4) is 0 Å². The number of cyclic esters (lactones) is 1. The average molecular weight is 770 g/mol. The number of alkyl halides is 2. The summed E-state index contributed by atoms with van der Waals surface area (Å²) in [6.45, 7) is 4.95. The summed E-state index contributed by atoms with van der Waals surface area (Å²) in [6.07, 6.45) is -1.63. The first-order valence-electron chi connectivity index (χ1n) is 17.7. The summed E-state index contributed by atoms with van der Waals surface area (Å²) in [5.74, 6) is -4.04. The van der Waals surface area contributed by atoms with Crippen LogP contribution < -0.4 is 20.1 Å². The molecule has 14 nitrogen and oxygen atoms in total. The highest BCUT2D eigenvalue weighted by Gasteiger charge is 2.67. The number of nitrogens with zero attached hydrogens (tertiary/aromatic N) is 2. The Balaban J connectivity index is 1.23. The lowest BCUT2D eigenvalue weighted by Crippen LogP contribution is -2.60. The normalized spacial score (nSPS) is 28.4. The standard InChI is InChI=1S/C37H41F2N5O9S/c1-36(2,3)30-33(46)44-19-21(17-28(44)32(45)41-37(18-27(37)31(38)39)34(47)43-54(49,50)22-11-12-22)53-42-29-25-9-5-4-8-23(25)24-13-10-20(16-26(24)29)51-14-6-7-15-52-35(48)40-30/h4-10,13,16,21-22,27-28,30-31H,11-12,14-15,17-19H2,1-3H3,(H,40,48)(H,41,45)(H,43,47)/b7-6+,42-29+/t21-,27-,28-,30+,37+/m0/s1. The molecule has 2 aromatic rings. The zero-order valence-electron chi connectivity index (χ0n) is 29.8. The van der Waals surface area contributed by atoms with Crippen LogP contribution in [0.25, 0.3) is 11.1 Å². The van der Waals surface area contributed by atoms with Crippen LogP contribution in [0.15, 0.2) is 59.8 Å². The first-order chi connectivity index (χ1) is 25.6. The molecule has 4 amide bonds. The van der Waals surface area contributed by atoms with E-state index in [1.165, 1.54) is 4.90 Å². The van der Waals surface area contributed by atoms with Crippen LogP contribution in [0.2, 0.25) is 0 Å². The fourth-order valence-corrected chi connectivity index (χ4v) is 8.49. The topological polar surface area (TPSA) is 182 Å². The maximum Gasteiger partial charge on any atom is 0.408 e. The van der Waals surface area contributed by atoms with Crippen LogP contribution in [0.5, 0.6) is 5.75 Å². The summed E-state index contributed by atoms with van der Waals surface area (Å²) in [5, 5.41) is 8.72. The number of halogens is 2. The summed E-state index contributed by atoms with van der Waals surface area (Å²) in [7, 11) is -4.13. The van der Waals surface area contributed by atoms with Crippen molar-refractivity contribution in [3.05, 3.63) is 65.7 Å². The van der Waals surface area contributed by atoms with Gasteiger partial charge in [-0.15, -0.1) is 0 Å². The van der Waals surface area contributed by atoms with Crippen LogP contribution in [0, 0.1) is 11.3 Å². The molecule has 0 spiro atoms.